The lowest BCUT2D eigenvalue weighted by molar-refractivity contribution is 0.00931. The Labute approximate surface area is 138 Å². The fourth-order valence-corrected chi connectivity index (χ4v) is 3.65. The Bertz CT molecular complexity index is 518. The van der Waals surface area contributed by atoms with E-state index in [0.717, 1.165) is 25.0 Å². The van der Waals surface area contributed by atoms with Gasteiger partial charge in [0, 0.05) is 38.8 Å². The fraction of sp³-hybridized carbons (Fsp3) is 0.857. The first kappa shape index (κ1) is 16.9. The third-order valence-corrected chi connectivity index (χ3v) is 4.74. The molecule has 23 heavy (non-hydrogen) atoms. The van der Waals surface area contributed by atoms with Crippen molar-refractivity contribution in [2.75, 3.05) is 20.8 Å². The maximum absolute atomic E-state index is 5.93. The van der Waals surface area contributed by atoms with E-state index in [1.54, 1.807) is 14.2 Å². The first-order valence-electron chi connectivity index (χ1n) is 8.34. The molecule has 3 heterocycles. The number of rotatable bonds is 6. The minimum Gasteiger partial charge on any atom is -0.382 e. The van der Waals surface area contributed by atoms with Gasteiger partial charge in [0.15, 0.2) is 0 Å². The van der Waals surface area contributed by atoms with Gasteiger partial charge in [-0.05, 0) is 12.8 Å². The molecule has 0 bridgehead atoms. The first-order valence-corrected chi connectivity index (χ1v) is 8.34. The summed E-state index contributed by atoms with van der Waals surface area (Å²) in [5.41, 5.74) is 0.932. The van der Waals surface area contributed by atoms with Gasteiger partial charge in [-0.3, -0.25) is 0 Å². The highest BCUT2D eigenvalue weighted by Gasteiger charge is 2.36. The van der Waals surface area contributed by atoms with Crippen LogP contribution in [0.1, 0.15) is 24.6 Å². The topological polar surface area (TPSA) is 67.6 Å². The van der Waals surface area contributed by atoms with E-state index in [-0.39, 0.29) is 36.4 Å². The lowest BCUT2D eigenvalue weighted by Crippen LogP contribution is -2.26. The van der Waals surface area contributed by atoms with Gasteiger partial charge in [0.2, 0.25) is 0 Å². The van der Waals surface area contributed by atoms with Crippen LogP contribution in [0.3, 0.4) is 0 Å². The molecule has 9 heteroatoms. The molecule has 0 aliphatic carbocycles. The van der Waals surface area contributed by atoms with Crippen LogP contribution in [0.15, 0.2) is 6.20 Å². The molecule has 6 atom stereocenters. The smallest absolute Gasteiger partial charge is 0.139 e. The molecule has 0 saturated carbocycles. The van der Waals surface area contributed by atoms with Crippen LogP contribution in [-0.2, 0) is 25.4 Å². The Morgan fingerprint density at radius 1 is 1.22 bits per heavy atom. The highest BCUT2D eigenvalue weighted by atomic mass is 16.6. The van der Waals surface area contributed by atoms with Crippen molar-refractivity contribution in [2.24, 2.45) is 0 Å². The Kier molecular flexibility index (Phi) is 5.41. The molecule has 1 aromatic heterocycles. The zero-order valence-electron chi connectivity index (χ0n) is 14.3. The van der Waals surface area contributed by atoms with Gasteiger partial charge in [-0.2, -0.15) is 0 Å². The van der Waals surface area contributed by atoms with Gasteiger partial charge in [0.1, 0.15) is 21.8 Å². The molecule has 2 aliphatic rings. The molecule has 2 saturated heterocycles. The van der Waals surface area contributed by atoms with Crippen molar-refractivity contribution in [1.29, 1.82) is 0 Å². The van der Waals surface area contributed by atoms with E-state index in [0.29, 0.717) is 6.61 Å². The van der Waals surface area contributed by atoms with E-state index in [4.69, 9.17) is 18.9 Å². The lowest BCUT2D eigenvalue weighted by Gasteiger charge is -2.17. The Morgan fingerprint density at radius 2 is 1.96 bits per heavy atom. The van der Waals surface area contributed by atoms with E-state index in [1.807, 2.05) is 10.9 Å². The summed E-state index contributed by atoms with van der Waals surface area (Å²) >= 11 is 0. The number of hydrogen-bond donors (Lipinski definition) is 0. The number of ether oxygens (including phenoxy) is 4. The summed E-state index contributed by atoms with van der Waals surface area (Å²) in [7, 11) is 7.59. The number of hydrogen-bond acceptors (Lipinski definition) is 6. The minimum atomic E-state index is 0.0269. The molecule has 3 rings (SSSR count). The molecule has 0 aromatic carbocycles. The summed E-state index contributed by atoms with van der Waals surface area (Å²) < 4.78 is 24.5. The van der Waals surface area contributed by atoms with Crippen LogP contribution in [0.2, 0.25) is 0 Å². The summed E-state index contributed by atoms with van der Waals surface area (Å²) in [6.07, 6.45) is 4.79. The monoisotopic (exact) mass is 321 g/mol. The van der Waals surface area contributed by atoms with Crippen molar-refractivity contribution < 1.29 is 18.9 Å². The van der Waals surface area contributed by atoms with Crippen LogP contribution in [0, 0.1) is 0 Å². The predicted molar refractivity (Wildman–Crippen MR) is 89.1 cm³/mol. The molecule has 0 N–H and O–H groups in total. The zero-order valence-corrected chi connectivity index (χ0v) is 14.3. The number of aromatic nitrogens is 3. The number of methoxy groups -OCH3 is 2. The van der Waals surface area contributed by atoms with Crippen LogP contribution in [0.5, 0.6) is 0 Å². The summed E-state index contributed by atoms with van der Waals surface area (Å²) in [5, 5.41) is 8.63. The molecule has 0 spiro atoms. The number of nitrogens with zero attached hydrogens (tertiary/aromatic N) is 3. The third kappa shape index (κ3) is 3.79. The van der Waals surface area contributed by atoms with Crippen molar-refractivity contribution in [3.63, 3.8) is 0 Å². The largest absolute Gasteiger partial charge is 0.382 e. The Balaban J connectivity index is 1.66. The van der Waals surface area contributed by atoms with Gasteiger partial charge in [0.05, 0.1) is 30.6 Å². The van der Waals surface area contributed by atoms with E-state index in [9.17, 15) is 0 Å². The van der Waals surface area contributed by atoms with Crippen LogP contribution < -0.4 is 0 Å². The molecular formula is C14H25B2N3O4. The minimum absolute atomic E-state index is 0.0269. The SMILES string of the molecule is B[C@H]1CC(OC)[C@@H](Cc2cn(C3C[C@H](B)O[C@@H]3COC)nn2)O1. The summed E-state index contributed by atoms with van der Waals surface area (Å²) in [5.74, 6) is 0. The lowest BCUT2D eigenvalue weighted by atomic mass is 9.95. The van der Waals surface area contributed by atoms with Crippen molar-refractivity contribution in [2.45, 2.75) is 55.6 Å². The van der Waals surface area contributed by atoms with Crippen molar-refractivity contribution in [3.05, 3.63) is 11.9 Å². The molecule has 126 valence electrons. The van der Waals surface area contributed by atoms with Crippen LogP contribution in [-0.4, -0.2) is 81.8 Å². The molecular weight excluding hydrogens is 296 g/mol. The van der Waals surface area contributed by atoms with Gasteiger partial charge in [-0.1, -0.05) is 5.21 Å². The maximum Gasteiger partial charge on any atom is 0.139 e. The van der Waals surface area contributed by atoms with Gasteiger partial charge in [0.25, 0.3) is 0 Å². The Hall–Kier alpha value is -0.890. The molecule has 2 aliphatic heterocycles. The van der Waals surface area contributed by atoms with Crippen LogP contribution >= 0.6 is 0 Å². The highest BCUT2D eigenvalue weighted by molar-refractivity contribution is 6.11. The molecule has 0 amide bonds. The molecule has 0 radical (unpaired) electrons. The zero-order chi connectivity index (χ0) is 16.4. The van der Waals surface area contributed by atoms with E-state index in [1.165, 1.54) is 0 Å². The predicted octanol–water partition coefficient (Wildman–Crippen LogP) is -1.48. The fourth-order valence-electron chi connectivity index (χ4n) is 3.65. The second-order valence-corrected chi connectivity index (χ2v) is 6.63. The molecule has 1 aromatic rings. The van der Waals surface area contributed by atoms with E-state index in [2.05, 4.69) is 26.0 Å². The van der Waals surface area contributed by atoms with Gasteiger partial charge < -0.3 is 18.9 Å². The second-order valence-electron chi connectivity index (χ2n) is 6.63. The molecule has 7 nitrogen and oxygen atoms in total. The Morgan fingerprint density at radius 3 is 2.70 bits per heavy atom. The van der Waals surface area contributed by atoms with Gasteiger partial charge in [-0.25, -0.2) is 4.68 Å². The highest BCUT2D eigenvalue weighted by Crippen LogP contribution is 2.30. The first-order chi connectivity index (χ1) is 11.1. The normalized spacial score (nSPS) is 37.5. The van der Waals surface area contributed by atoms with Gasteiger partial charge >= 0.3 is 0 Å². The van der Waals surface area contributed by atoms with Crippen molar-refractivity contribution >= 4 is 15.7 Å². The van der Waals surface area contributed by atoms with E-state index < -0.39 is 0 Å². The maximum atomic E-state index is 5.93. The summed E-state index contributed by atoms with van der Waals surface area (Å²) in [4.78, 5) is 0. The summed E-state index contributed by atoms with van der Waals surface area (Å²) in [6.45, 7) is 0.569. The molecule has 2 fully saturated rings. The van der Waals surface area contributed by atoms with Crippen molar-refractivity contribution in [1.82, 2.24) is 15.0 Å². The molecule has 2 unspecified atom stereocenters. The summed E-state index contributed by atoms with van der Waals surface area (Å²) in [6, 6.07) is 0.618. The average molecular weight is 321 g/mol. The van der Waals surface area contributed by atoms with E-state index >= 15 is 0 Å². The quantitative estimate of drug-likeness (QED) is 0.596. The van der Waals surface area contributed by atoms with Crippen molar-refractivity contribution in [3.8, 4) is 0 Å². The van der Waals surface area contributed by atoms with Crippen LogP contribution in [0.25, 0.3) is 0 Å². The average Bonchev–Trinajstić information content (AvgIpc) is 3.19. The standard InChI is InChI=1S/C14H25B2N3O4/c1-20-7-12-9(4-13(15)23-12)19-6-8(17-18-19)3-11-10(21-2)5-14(16)22-11/h6,9-14H,3-5,7,15-16H2,1-2H3/t9?,10?,11-,12-,13-,14-/m1/s1. The van der Waals surface area contributed by atoms with Gasteiger partial charge in [-0.15, -0.1) is 5.10 Å². The second kappa shape index (κ2) is 7.34. The van der Waals surface area contributed by atoms with Crippen LogP contribution in [0.4, 0.5) is 0 Å². The third-order valence-electron chi connectivity index (χ3n) is 4.74.